The number of aromatic nitrogens is 4. The fourth-order valence-corrected chi connectivity index (χ4v) is 4.28. The fourth-order valence-electron chi connectivity index (χ4n) is 4.28. The van der Waals surface area contributed by atoms with Crippen LogP contribution in [-0.4, -0.2) is 65.5 Å². The highest BCUT2D eigenvalue weighted by atomic mass is 19.1. The Bertz CT molecular complexity index is 1070. The predicted molar refractivity (Wildman–Crippen MR) is 124 cm³/mol. The Morgan fingerprint density at radius 1 is 0.909 bits per heavy atom. The first kappa shape index (κ1) is 23.0. The van der Waals surface area contributed by atoms with Crippen LogP contribution in [0.1, 0.15) is 38.2 Å². The van der Waals surface area contributed by atoms with Crippen molar-refractivity contribution in [3.8, 4) is 11.5 Å². The lowest BCUT2D eigenvalue weighted by molar-refractivity contribution is 0.191. The van der Waals surface area contributed by atoms with Crippen LogP contribution in [0.25, 0.3) is 0 Å². The number of tetrazole rings is 1. The standard InChI is InChI=1S/C24H31FN6O2/c1-24(2,3)31-23(26-27-28-31)22(17-6-11-20(32-4)21(16-17)33-5)30-14-12-29(13-15-30)19-9-7-18(25)8-10-19/h6-11,16,22H,12-15H2,1-5H3/t22-/m1/s1. The molecule has 0 saturated carbocycles. The third-order valence-corrected chi connectivity index (χ3v) is 5.97. The van der Waals surface area contributed by atoms with Gasteiger partial charge in [0, 0.05) is 31.9 Å². The minimum absolute atomic E-state index is 0.158. The van der Waals surface area contributed by atoms with E-state index in [4.69, 9.17) is 9.47 Å². The Balaban J connectivity index is 1.67. The number of anilines is 1. The van der Waals surface area contributed by atoms with Crippen LogP contribution >= 0.6 is 0 Å². The van der Waals surface area contributed by atoms with Crippen molar-refractivity contribution in [1.82, 2.24) is 25.1 Å². The lowest BCUT2D eigenvalue weighted by Crippen LogP contribution is -2.48. The largest absolute Gasteiger partial charge is 0.493 e. The first-order chi connectivity index (χ1) is 15.8. The molecule has 33 heavy (non-hydrogen) atoms. The van der Waals surface area contributed by atoms with Gasteiger partial charge in [0.25, 0.3) is 0 Å². The molecule has 1 fully saturated rings. The molecule has 0 spiro atoms. The molecular formula is C24H31FN6O2. The van der Waals surface area contributed by atoms with Crippen LogP contribution in [-0.2, 0) is 5.54 Å². The molecule has 1 aromatic heterocycles. The number of piperazine rings is 1. The molecule has 2 aromatic carbocycles. The predicted octanol–water partition coefficient (Wildman–Crippen LogP) is 3.50. The van der Waals surface area contributed by atoms with Gasteiger partial charge in [0.1, 0.15) is 5.82 Å². The molecular weight excluding hydrogens is 423 g/mol. The van der Waals surface area contributed by atoms with E-state index in [1.54, 1.807) is 14.2 Å². The second-order valence-corrected chi connectivity index (χ2v) is 9.14. The maximum Gasteiger partial charge on any atom is 0.173 e. The summed E-state index contributed by atoms with van der Waals surface area (Å²) in [6, 6.07) is 12.5. The van der Waals surface area contributed by atoms with Crippen molar-refractivity contribution in [2.75, 3.05) is 45.3 Å². The molecule has 2 heterocycles. The van der Waals surface area contributed by atoms with Crippen LogP contribution in [0.5, 0.6) is 11.5 Å². The van der Waals surface area contributed by atoms with Gasteiger partial charge < -0.3 is 14.4 Å². The molecule has 0 amide bonds. The summed E-state index contributed by atoms with van der Waals surface area (Å²) in [7, 11) is 3.27. The first-order valence-electron chi connectivity index (χ1n) is 11.1. The minimum Gasteiger partial charge on any atom is -0.493 e. The molecule has 1 aliphatic heterocycles. The Kier molecular flexibility index (Phi) is 6.51. The highest BCUT2D eigenvalue weighted by Crippen LogP contribution is 2.36. The zero-order valence-electron chi connectivity index (χ0n) is 19.8. The van der Waals surface area contributed by atoms with Crippen molar-refractivity contribution in [3.05, 3.63) is 59.7 Å². The van der Waals surface area contributed by atoms with Crippen molar-refractivity contribution in [2.24, 2.45) is 0 Å². The Labute approximate surface area is 193 Å². The zero-order valence-corrected chi connectivity index (χ0v) is 19.8. The van der Waals surface area contributed by atoms with Crippen molar-refractivity contribution in [3.63, 3.8) is 0 Å². The summed E-state index contributed by atoms with van der Waals surface area (Å²) in [5, 5.41) is 12.8. The summed E-state index contributed by atoms with van der Waals surface area (Å²) in [5.41, 5.74) is 1.78. The van der Waals surface area contributed by atoms with Gasteiger partial charge in [-0.1, -0.05) is 6.07 Å². The van der Waals surface area contributed by atoms with Crippen molar-refractivity contribution in [1.29, 1.82) is 0 Å². The maximum absolute atomic E-state index is 13.3. The average molecular weight is 455 g/mol. The highest BCUT2D eigenvalue weighted by Gasteiger charge is 2.33. The SMILES string of the molecule is COc1ccc([C@H](c2nnnn2C(C)(C)C)N2CCN(c3ccc(F)cc3)CC2)cc1OC. The second-order valence-electron chi connectivity index (χ2n) is 9.14. The van der Waals surface area contributed by atoms with Crippen LogP contribution in [0, 0.1) is 5.82 Å². The molecule has 4 rings (SSSR count). The maximum atomic E-state index is 13.3. The average Bonchev–Trinajstić information content (AvgIpc) is 3.30. The van der Waals surface area contributed by atoms with Crippen LogP contribution in [0.4, 0.5) is 10.1 Å². The molecule has 9 heteroatoms. The van der Waals surface area contributed by atoms with Crippen LogP contribution in [0.15, 0.2) is 42.5 Å². The monoisotopic (exact) mass is 454 g/mol. The van der Waals surface area contributed by atoms with Gasteiger partial charge in [0.05, 0.1) is 25.8 Å². The number of nitrogens with zero attached hydrogens (tertiary/aromatic N) is 6. The van der Waals surface area contributed by atoms with E-state index in [-0.39, 0.29) is 17.4 Å². The van der Waals surface area contributed by atoms with E-state index in [0.717, 1.165) is 43.3 Å². The summed E-state index contributed by atoms with van der Waals surface area (Å²) in [5.74, 6) is 1.90. The van der Waals surface area contributed by atoms with Crippen LogP contribution < -0.4 is 14.4 Å². The molecule has 1 saturated heterocycles. The number of methoxy groups -OCH3 is 2. The van der Waals surface area contributed by atoms with Gasteiger partial charge in [-0.05, 0) is 73.2 Å². The van der Waals surface area contributed by atoms with E-state index in [1.807, 2.05) is 35.0 Å². The molecule has 0 aliphatic carbocycles. The quantitative estimate of drug-likeness (QED) is 0.565. The molecule has 0 bridgehead atoms. The van der Waals surface area contributed by atoms with Gasteiger partial charge in [-0.2, -0.15) is 0 Å². The summed E-state index contributed by atoms with van der Waals surface area (Å²) >= 11 is 0. The molecule has 176 valence electrons. The van der Waals surface area contributed by atoms with E-state index in [1.165, 1.54) is 12.1 Å². The van der Waals surface area contributed by atoms with Crippen molar-refractivity contribution in [2.45, 2.75) is 32.4 Å². The molecule has 1 aliphatic rings. The number of halogens is 1. The number of ether oxygens (including phenoxy) is 2. The lowest BCUT2D eigenvalue weighted by Gasteiger charge is -2.40. The van der Waals surface area contributed by atoms with Gasteiger partial charge in [0.2, 0.25) is 0 Å². The van der Waals surface area contributed by atoms with Crippen molar-refractivity contribution >= 4 is 5.69 Å². The summed E-state index contributed by atoms with van der Waals surface area (Å²) in [6.45, 7) is 9.49. The Morgan fingerprint density at radius 2 is 1.58 bits per heavy atom. The lowest BCUT2D eigenvalue weighted by atomic mass is 10.0. The second kappa shape index (κ2) is 9.35. The van der Waals surface area contributed by atoms with Gasteiger partial charge in [-0.15, -0.1) is 5.10 Å². The van der Waals surface area contributed by atoms with E-state index in [9.17, 15) is 4.39 Å². The molecule has 1 atom stereocenters. The molecule has 0 radical (unpaired) electrons. The summed E-state index contributed by atoms with van der Waals surface area (Å²) in [4.78, 5) is 4.66. The van der Waals surface area contributed by atoms with Crippen molar-refractivity contribution < 1.29 is 13.9 Å². The van der Waals surface area contributed by atoms with Crippen LogP contribution in [0.2, 0.25) is 0 Å². The first-order valence-corrected chi connectivity index (χ1v) is 11.1. The van der Waals surface area contributed by atoms with Gasteiger partial charge >= 0.3 is 0 Å². The fraction of sp³-hybridized carbons (Fsp3) is 0.458. The number of rotatable bonds is 6. The molecule has 0 N–H and O–H groups in total. The minimum atomic E-state index is -0.274. The van der Waals surface area contributed by atoms with E-state index in [2.05, 4.69) is 46.1 Å². The van der Waals surface area contributed by atoms with Gasteiger partial charge in [-0.25, -0.2) is 9.07 Å². The topological polar surface area (TPSA) is 68.5 Å². The smallest absolute Gasteiger partial charge is 0.173 e. The summed E-state index contributed by atoms with van der Waals surface area (Å²) in [6.07, 6.45) is 0. The zero-order chi connectivity index (χ0) is 23.6. The number of hydrogen-bond donors (Lipinski definition) is 0. The number of hydrogen-bond acceptors (Lipinski definition) is 7. The molecule has 0 unspecified atom stereocenters. The van der Waals surface area contributed by atoms with E-state index in [0.29, 0.717) is 11.5 Å². The highest BCUT2D eigenvalue weighted by molar-refractivity contribution is 5.47. The normalized spacial score (nSPS) is 16.0. The third-order valence-electron chi connectivity index (χ3n) is 5.97. The summed E-state index contributed by atoms with van der Waals surface area (Å²) < 4.78 is 26.3. The third kappa shape index (κ3) is 4.78. The van der Waals surface area contributed by atoms with Gasteiger partial charge in [0.15, 0.2) is 17.3 Å². The molecule has 8 nitrogen and oxygen atoms in total. The van der Waals surface area contributed by atoms with E-state index >= 15 is 0 Å². The molecule has 3 aromatic rings. The van der Waals surface area contributed by atoms with Crippen LogP contribution in [0.3, 0.4) is 0 Å². The Morgan fingerprint density at radius 3 is 2.18 bits per heavy atom. The number of benzene rings is 2. The van der Waals surface area contributed by atoms with Gasteiger partial charge in [-0.3, -0.25) is 4.90 Å². The Hall–Kier alpha value is -3.20. The van der Waals surface area contributed by atoms with E-state index < -0.39 is 0 Å².